The molecule has 0 radical (unpaired) electrons. The van der Waals surface area contributed by atoms with Crippen molar-refractivity contribution in [3.63, 3.8) is 0 Å². The van der Waals surface area contributed by atoms with Gasteiger partial charge in [-0.3, -0.25) is 9.48 Å². The van der Waals surface area contributed by atoms with Crippen LogP contribution in [0.4, 0.5) is 19.0 Å². The maximum atomic E-state index is 13.1. The van der Waals surface area contributed by atoms with Crippen LogP contribution in [-0.4, -0.2) is 25.5 Å². The molecule has 0 unspecified atom stereocenters. The van der Waals surface area contributed by atoms with Crippen molar-refractivity contribution in [1.82, 2.24) is 19.6 Å². The minimum absolute atomic E-state index is 0.0134. The van der Waals surface area contributed by atoms with Crippen LogP contribution in [0.25, 0.3) is 5.69 Å². The number of carbonyl (C=O) groups excluding carboxylic acids is 1. The number of nitrogens with one attached hydrogen (secondary N) is 1. The summed E-state index contributed by atoms with van der Waals surface area (Å²) in [5, 5.41) is 11.2. The first kappa shape index (κ1) is 19.9. The van der Waals surface area contributed by atoms with Crippen LogP contribution in [0.5, 0.6) is 0 Å². The van der Waals surface area contributed by atoms with Crippen molar-refractivity contribution in [2.75, 3.05) is 5.32 Å². The van der Waals surface area contributed by atoms with E-state index in [1.54, 1.807) is 38.6 Å². The fraction of sp³-hybridized carbons (Fsp3) is 0.278. The number of amides is 1. The first-order valence-electron chi connectivity index (χ1n) is 8.24. The first-order valence-corrected chi connectivity index (χ1v) is 8.62. The molecule has 2 aromatic heterocycles. The highest BCUT2D eigenvalue weighted by Gasteiger charge is 2.31. The lowest BCUT2D eigenvalue weighted by Gasteiger charge is -2.13. The lowest BCUT2D eigenvalue weighted by atomic mass is 10.2. The van der Waals surface area contributed by atoms with Crippen molar-refractivity contribution < 1.29 is 18.0 Å². The number of rotatable bonds is 3. The standard InChI is InChI=1S/C18H17ClF3N5O/c1-9-7-15(23-17(28)16-10(2)25-26(4)11(16)3)27(24-9)14-8-12(18(20,21)22)5-6-13(14)19/h5-8H,1-4H3,(H,23,28). The second-order valence-corrected chi connectivity index (χ2v) is 6.78. The minimum Gasteiger partial charge on any atom is -0.306 e. The molecule has 2 heterocycles. The van der Waals surface area contributed by atoms with E-state index in [1.165, 1.54) is 4.68 Å². The van der Waals surface area contributed by atoms with Crippen molar-refractivity contribution in [3.05, 3.63) is 57.5 Å². The van der Waals surface area contributed by atoms with E-state index in [1.807, 2.05) is 0 Å². The average Bonchev–Trinajstić information content (AvgIpc) is 3.05. The number of nitrogens with zero attached hydrogens (tertiary/aromatic N) is 4. The predicted molar refractivity (Wildman–Crippen MR) is 98.9 cm³/mol. The van der Waals surface area contributed by atoms with Crippen LogP contribution in [0.2, 0.25) is 5.02 Å². The highest BCUT2D eigenvalue weighted by molar-refractivity contribution is 6.32. The van der Waals surface area contributed by atoms with Gasteiger partial charge in [-0.25, -0.2) is 4.68 Å². The molecule has 0 bridgehead atoms. The van der Waals surface area contributed by atoms with Gasteiger partial charge in [-0.15, -0.1) is 0 Å². The molecule has 0 saturated heterocycles. The Hall–Kier alpha value is -2.81. The molecule has 10 heteroatoms. The lowest BCUT2D eigenvalue weighted by molar-refractivity contribution is -0.137. The molecule has 1 N–H and O–H groups in total. The van der Waals surface area contributed by atoms with Crippen molar-refractivity contribution in [1.29, 1.82) is 0 Å². The summed E-state index contributed by atoms with van der Waals surface area (Å²) < 4.78 is 42.0. The SMILES string of the molecule is Cc1cc(NC(=O)c2c(C)nn(C)c2C)n(-c2cc(C(F)(F)F)ccc2Cl)n1. The van der Waals surface area contributed by atoms with Gasteiger partial charge in [-0.1, -0.05) is 11.6 Å². The molecule has 3 rings (SSSR count). The van der Waals surface area contributed by atoms with Gasteiger partial charge in [-0.05, 0) is 39.0 Å². The van der Waals surface area contributed by atoms with Crippen LogP contribution in [0.3, 0.4) is 0 Å². The molecule has 1 amide bonds. The third kappa shape index (κ3) is 3.62. The highest BCUT2D eigenvalue weighted by atomic mass is 35.5. The molecule has 0 atom stereocenters. The van der Waals surface area contributed by atoms with Crippen molar-refractivity contribution in [3.8, 4) is 5.69 Å². The lowest BCUT2D eigenvalue weighted by Crippen LogP contribution is -2.17. The predicted octanol–water partition coefficient (Wildman–Crippen LogP) is 4.46. The molecule has 1 aromatic carbocycles. The smallest absolute Gasteiger partial charge is 0.306 e. The van der Waals surface area contributed by atoms with Gasteiger partial charge in [0, 0.05) is 18.8 Å². The number of aryl methyl sites for hydroxylation is 3. The molecule has 0 spiro atoms. The largest absolute Gasteiger partial charge is 0.416 e. The van der Waals surface area contributed by atoms with Gasteiger partial charge in [0.25, 0.3) is 5.91 Å². The first-order chi connectivity index (χ1) is 13.0. The Morgan fingerprint density at radius 1 is 1.14 bits per heavy atom. The van der Waals surface area contributed by atoms with E-state index in [-0.39, 0.29) is 16.5 Å². The number of hydrogen-bond donors (Lipinski definition) is 1. The van der Waals surface area contributed by atoms with Crippen LogP contribution in [-0.2, 0) is 13.2 Å². The summed E-state index contributed by atoms with van der Waals surface area (Å²) in [6, 6.07) is 4.49. The van der Waals surface area contributed by atoms with Crippen LogP contribution >= 0.6 is 11.6 Å². The average molecular weight is 412 g/mol. The van der Waals surface area contributed by atoms with E-state index in [0.717, 1.165) is 18.2 Å². The van der Waals surface area contributed by atoms with Gasteiger partial charge >= 0.3 is 6.18 Å². The molecular formula is C18H17ClF3N5O. The number of alkyl halides is 3. The number of anilines is 1. The fourth-order valence-corrected chi connectivity index (χ4v) is 3.10. The number of benzene rings is 1. The summed E-state index contributed by atoms with van der Waals surface area (Å²) in [4.78, 5) is 12.8. The van der Waals surface area contributed by atoms with Crippen molar-refractivity contribution in [2.45, 2.75) is 26.9 Å². The number of hydrogen-bond acceptors (Lipinski definition) is 3. The third-order valence-electron chi connectivity index (χ3n) is 4.31. The molecule has 148 valence electrons. The van der Waals surface area contributed by atoms with Gasteiger partial charge < -0.3 is 5.32 Å². The monoisotopic (exact) mass is 411 g/mol. The Kier molecular flexibility index (Phi) is 4.97. The Balaban J connectivity index is 2.04. The zero-order chi connectivity index (χ0) is 20.8. The Morgan fingerprint density at radius 2 is 1.82 bits per heavy atom. The van der Waals surface area contributed by atoms with Gasteiger partial charge in [-0.2, -0.15) is 23.4 Å². The van der Waals surface area contributed by atoms with E-state index < -0.39 is 17.6 Å². The summed E-state index contributed by atoms with van der Waals surface area (Å²) in [6.07, 6.45) is -4.53. The maximum Gasteiger partial charge on any atom is 0.416 e. The Bertz CT molecular complexity index is 1070. The zero-order valence-corrected chi connectivity index (χ0v) is 16.3. The number of carbonyl (C=O) groups is 1. The Morgan fingerprint density at radius 3 is 2.39 bits per heavy atom. The summed E-state index contributed by atoms with van der Waals surface area (Å²) in [5.74, 6) is -0.237. The summed E-state index contributed by atoms with van der Waals surface area (Å²) >= 11 is 6.12. The third-order valence-corrected chi connectivity index (χ3v) is 4.63. The molecule has 0 aliphatic rings. The van der Waals surface area contributed by atoms with E-state index >= 15 is 0 Å². The van der Waals surface area contributed by atoms with E-state index in [9.17, 15) is 18.0 Å². The molecule has 3 aromatic rings. The van der Waals surface area contributed by atoms with Gasteiger partial charge in [0.05, 0.1) is 33.2 Å². The topological polar surface area (TPSA) is 64.7 Å². The molecule has 0 saturated carbocycles. The zero-order valence-electron chi connectivity index (χ0n) is 15.5. The fourth-order valence-electron chi connectivity index (χ4n) is 2.90. The van der Waals surface area contributed by atoms with E-state index in [2.05, 4.69) is 15.5 Å². The van der Waals surface area contributed by atoms with E-state index in [0.29, 0.717) is 22.6 Å². The van der Waals surface area contributed by atoms with Gasteiger partial charge in [0.15, 0.2) is 0 Å². The molecule has 28 heavy (non-hydrogen) atoms. The molecule has 0 aliphatic carbocycles. The van der Waals surface area contributed by atoms with Crippen LogP contribution < -0.4 is 5.32 Å². The summed E-state index contributed by atoms with van der Waals surface area (Å²) in [5.41, 5.74) is 1.24. The molecule has 0 aliphatic heterocycles. The second kappa shape index (κ2) is 6.97. The molecular weight excluding hydrogens is 395 g/mol. The van der Waals surface area contributed by atoms with Crippen molar-refractivity contribution in [2.24, 2.45) is 7.05 Å². The number of aromatic nitrogens is 4. The van der Waals surface area contributed by atoms with Crippen LogP contribution in [0.1, 0.15) is 33.0 Å². The van der Waals surface area contributed by atoms with Gasteiger partial charge in [0.2, 0.25) is 0 Å². The minimum atomic E-state index is -4.53. The molecule has 0 fully saturated rings. The highest BCUT2D eigenvalue weighted by Crippen LogP contribution is 2.34. The maximum absolute atomic E-state index is 13.1. The normalized spacial score (nSPS) is 11.7. The van der Waals surface area contributed by atoms with Crippen LogP contribution in [0.15, 0.2) is 24.3 Å². The van der Waals surface area contributed by atoms with Crippen molar-refractivity contribution >= 4 is 23.3 Å². The molecule has 6 nitrogen and oxygen atoms in total. The summed E-state index contributed by atoms with van der Waals surface area (Å²) in [6.45, 7) is 5.11. The van der Waals surface area contributed by atoms with Crippen LogP contribution in [0, 0.1) is 20.8 Å². The number of halogens is 4. The van der Waals surface area contributed by atoms with E-state index in [4.69, 9.17) is 11.6 Å². The van der Waals surface area contributed by atoms with Gasteiger partial charge in [0.1, 0.15) is 5.82 Å². The quantitative estimate of drug-likeness (QED) is 0.692. The second-order valence-electron chi connectivity index (χ2n) is 6.37. The Labute approximate surface area is 163 Å². The summed E-state index contributed by atoms with van der Waals surface area (Å²) in [7, 11) is 1.72.